The van der Waals surface area contributed by atoms with E-state index < -0.39 is 206 Å². The molecule has 3 saturated heterocycles. The first-order chi connectivity index (χ1) is 66.6. The maximum absolute atomic E-state index is 14.1. The van der Waals surface area contributed by atoms with Crippen molar-refractivity contribution >= 4 is 113 Å². The quantitative estimate of drug-likeness (QED) is 0.0236. The number of unbranched alkanes of at least 4 members (excludes halogenated alkanes) is 10. The second kappa shape index (κ2) is 71.1. The Hall–Kier alpha value is -10.4. The summed E-state index contributed by atoms with van der Waals surface area (Å²) in [5.74, 6) is -10.0. The first-order valence-electron chi connectivity index (χ1n) is 48.3. The average Bonchev–Trinajstić information content (AvgIpc) is 0.796. The van der Waals surface area contributed by atoms with Crippen molar-refractivity contribution in [3.63, 3.8) is 0 Å². The lowest BCUT2D eigenvalue weighted by atomic mass is 9.96. The van der Waals surface area contributed by atoms with Crippen LogP contribution in [0.3, 0.4) is 0 Å². The van der Waals surface area contributed by atoms with Gasteiger partial charge in [-0.15, -0.1) is 0 Å². The van der Waals surface area contributed by atoms with E-state index in [1.165, 1.54) is 33.6 Å². The average molecular weight is 2000 g/mol. The molecule has 0 aromatic rings. The monoisotopic (exact) mass is 2000 g/mol. The summed E-state index contributed by atoms with van der Waals surface area (Å²) in [6, 6.07) is -3.50. The summed E-state index contributed by atoms with van der Waals surface area (Å²) in [6.45, 7) is 16.9. The molecule has 9 unspecified atom stereocenters. The lowest BCUT2D eigenvalue weighted by Gasteiger charge is -2.44. The zero-order valence-corrected chi connectivity index (χ0v) is 83.7. The third-order valence-electron chi connectivity index (χ3n) is 21.3. The smallest absolute Gasteiger partial charge is 0.303 e. The van der Waals surface area contributed by atoms with Crippen LogP contribution in [0.15, 0.2) is 0 Å². The Balaban J connectivity index is 1.67. The second-order valence-corrected chi connectivity index (χ2v) is 34.8. The fourth-order valence-electron chi connectivity index (χ4n) is 15.0. The van der Waals surface area contributed by atoms with Gasteiger partial charge >= 0.3 is 53.7 Å². The summed E-state index contributed by atoms with van der Waals surface area (Å²) < 4.78 is 103. The lowest BCUT2D eigenvalue weighted by Crippen LogP contribution is -2.66. The van der Waals surface area contributed by atoms with E-state index in [2.05, 4.69) is 67.0 Å². The number of amides is 10. The van der Waals surface area contributed by atoms with Gasteiger partial charge in [-0.25, -0.2) is 0 Å². The Kier molecular flexibility index (Phi) is 62.8. The van der Waals surface area contributed by atoms with Gasteiger partial charge in [0.1, 0.15) is 61.8 Å². The molecule has 0 saturated carbocycles. The normalized spacial score (nSPS) is 21.3. The summed E-state index contributed by atoms with van der Waals surface area (Å²) in [7, 11) is 0. The molecule has 3 heterocycles. The van der Waals surface area contributed by atoms with Crippen LogP contribution in [0.4, 0.5) is 0 Å². The van der Waals surface area contributed by atoms with Crippen LogP contribution in [0.5, 0.6) is 0 Å². The molecule has 10 N–H and O–H groups in total. The molecular formula is C93H154N10O37. The molecule has 0 aromatic carbocycles. The summed E-state index contributed by atoms with van der Waals surface area (Å²) in [5, 5.41) is 27.8. The standard InChI is InChI=1S/C93H154N10O37/c1-58(2)32-21-19-17-15-16-18-20-22-36-80(122)103-93(55-123-49-37-77(119)97-43-29-40-94-74(116)33-23-26-46-126-90-81(100-59(3)104)87(135-68(12)113)84(132-65(9)110)71(138-90)52-129-62(6)107,56-124-50-38-78(120)98-44-30-41-95-75(117)34-24-27-47-127-91-82(101-60(4)105)88(136-69(13)114)85(133-66(10)111)72(139-91)53-130-63(7)108)57-125-51-39-79(121)99-45-31-42-96-76(118)35-25-28-48-128-92-83(102-61(5)106)89(137-70(14)115)86(134-67(11)112)73(140-92)54-131-64(8)109/h58,71-73,81-92H,15-57H2,1-14H3,(H,94,116)(H,95,117)(H,96,118)(H,97,119)(H,98,120)(H,99,121)(H,100,104)(H,101,105)(H,102,106)(H,103,122)/t71?,72?,73?,81?,82?,83?,84-,85-,86-,87?,88?,89?,90+,91+,92+,93?/m0/s1. The minimum Gasteiger partial charge on any atom is -0.463 e. The number of rotatable bonds is 72. The maximum Gasteiger partial charge on any atom is 0.303 e. The van der Waals surface area contributed by atoms with E-state index in [0.29, 0.717) is 70.1 Å². The van der Waals surface area contributed by atoms with Crippen molar-refractivity contribution in [1.29, 1.82) is 0 Å². The first kappa shape index (κ1) is 124. The molecular weight excluding hydrogens is 1850 g/mol. The molecule has 47 nitrogen and oxygen atoms in total. The van der Waals surface area contributed by atoms with Crippen molar-refractivity contribution in [2.45, 2.75) is 355 Å². The highest BCUT2D eigenvalue weighted by Gasteiger charge is 2.55. The highest BCUT2D eigenvalue weighted by Crippen LogP contribution is 2.32. The molecule has 3 aliphatic heterocycles. The van der Waals surface area contributed by atoms with Crippen molar-refractivity contribution in [1.82, 2.24) is 53.2 Å². The van der Waals surface area contributed by atoms with E-state index in [9.17, 15) is 91.1 Å². The number of carbonyl (C=O) groups excluding carboxylic acids is 19. The fourth-order valence-corrected chi connectivity index (χ4v) is 15.0. The predicted molar refractivity (Wildman–Crippen MR) is 492 cm³/mol. The van der Waals surface area contributed by atoms with Gasteiger partial charge in [-0.3, -0.25) is 91.1 Å². The van der Waals surface area contributed by atoms with Gasteiger partial charge < -0.3 is 138 Å². The minimum absolute atomic E-state index is 0.00678. The van der Waals surface area contributed by atoms with Gasteiger partial charge in [-0.2, -0.15) is 0 Å². The molecule has 47 heteroatoms. The van der Waals surface area contributed by atoms with E-state index >= 15 is 0 Å². The van der Waals surface area contributed by atoms with Crippen molar-refractivity contribution in [2.75, 3.05) is 119 Å². The molecule has 10 amide bonds. The molecule has 0 radical (unpaired) electrons. The fraction of sp³-hybridized carbons (Fsp3) is 0.796. The lowest BCUT2D eigenvalue weighted by molar-refractivity contribution is -0.277. The summed E-state index contributed by atoms with van der Waals surface area (Å²) >= 11 is 0. The Morgan fingerprint density at radius 3 is 0.750 bits per heavy atom. The van der Waals surface area contributed by atoms with E-state index in [0.717, 1.165) is 101 Å². The van der Waals surface area contributed by atoms with Gasteiger partial charge in [0.15, 0.2) is 55.5 Å². The molecule has 140 heavy (non-hydrogen) atoms. The SMILES string of the molecule is CC(=O)NC1C(OC(C)=O)[C@@H](OC(C)=O)C(COC(C)=O)O[C@H]1OCCCCC(=O)NCCCNC(=O)CCOCC(COCCC(=O)NCCCNC(=O)CCCCO[C@@H]1OC(COC(C)=O)[C@H](OC(C)=O)C(OC(C)=O)C1NC(C)=O)(COCCC(=O)NCCCNC(=O)CCCCO[C@@H]1OC(COC(C)=O)[C@H](OC(C)=O)C(OC(C)=O)C1NC(C)=O)NC(=O)CCCCCCCCCCC(C)C. The number of carbonyl (C=O) groups is 19. The van der Waals surface area contributed by atoms with Crippen LogP contribution in [0.25, 0.3) is 0 Å². The number of nitrogens with one attached hydrogen (secondary N) is 10. The van der Waals surface area contributed by atoms with Crippen LogP contribution in [-0.4, -0.2) is 329 Å². The Labute approximate surface area is 818 Å². The van der Waals surface area contributed by atoms with Gasteiger partial charge in [0, 0.05) is 187 Å². The Morgan fingerprint density at radius 2 is 0.500 bits per heavy atom. The molecule has 3 rings (SSSR count). The van der Waals surface area contributed by atoms with Gasteiger partial charge in [0.25, 0.3) is 0 Å². The molecule has 0 aromatic heterocycles. The van der Waals surface area contributed by atoms with Crippen LogP contribution >= 0.6 is 0 Å². The van der Waals surface area contributed by atoms with Crippen LogP contribution in [0.2, 0.25) is 0 Å². The first-order valence-corrected chi connectivity index (χ1v) is 48.3. The van der Waals surface area contributed by atoms with Gasteiger partial charge in [-0.05, 0) is 70.1 Å². The number of hydrogen-bond donors (Lipinski definition) is 10. The van der Waals surface area contributed by atoms with Crippen molar-refractivity contribution < 1.29 is 176 Å². The Bertz CT molecular complexity index is 3520. The molecule has 0 spiro atoms. The van der Waals surface area contributed by atoms with Gasteiger partial charge in [0.2, 0.25) is 59.1 Å². The zero-order valence-electron chi connectivity index (χ0n) is 83.7. The molecule has 798 valence electrons. The summed E-state index contributed by atoms with van der Waals surface area (Å²) in [6.07, 6.45) is -3.18. The molecule has 3 aliphatic rings. The summed E-state index contributed by atoms with van der Waals surface area (Å²) in [4.78, 5) is 238. The van der Waals surface area contributed by atoms with E-state index in [-0.39, 0.29) is 167 Å². The van der Waals surface area contributed by atoms with Gasteiger partial charge in [-0.1, -0.05) is 65.2 Å². The van der Waals surface area contributed by atoms with Crippen LogP contribution in [-0.2, 0) is 176 Å². The van der Waals surface area contributed by atoms with Crippen molar-refractivity contribution in [2.24, 2.45) is 5.92 Å². The van der Waals surface area contributed by atoms with Crippen LogP contribution < -0.4 is 53.2 Å². The number of esters is 9. The molecule has 0 bridgehead atoms. The third kappa shape index (κ3) is 56.3. The van der Waals surface area contributed by atoms with Crippen LogP contribution in [0.1, 0.15) is 257 Å². The number of hydrogen-bond acceptors (Lipinski definition) is 37. The summed E-state index contributed by atoms with van der Waals surface area (Å²) in [5.41, 5.74) is -1.44. The van der Waals surface area contributed by atoms with E-state index in [1.807, 2.05) is 0 Å². The molecule has 3 fully saturated rings. The maximum atomic E-state index is 14.1. The molecule has 0 aliphatic carbocycles. The van der Waals surface area contributed by atoms with Crippen molar-refractivity contribution in [3.8, 4) is 0 Å². The predicted octanol–water partition coefficient (Wildman–Crippen LogP) is 2.01. The van der Waals surface area contributed by atoms with Crippen LogP contribution in [0, 0.1) is 5.92 Å². The van der Waals surface area contributed by atoms with E-state index in [1.54, 1.807) is 0 Å². The topological polar surface area (TPSA) is 611 Å². The van der Waals surface area contributed by atoms with Gasteiger partial charge in [0.05, 0.1) is 39.6 Å². The largest absolute Gasteiger partial charge is 0.463 e. The molecule has 15 atom stereocenters. The highest BCUT2D eigenvalue weighted by molar-refractivity contribution is 5.80. The minimum atomic E-state index is -1.44. The zero-order chi connectivity index (χ0) is 104. The number of ether oxygens (including phenoxy) is 18. The Morgan fingerprint density at radius 1 is 0.264 bits per heavy atom. The van der Waals surface area contributed by atoms with E-state index in [4.69, 9.17) is 85.3 Å². The highest BCUT2D eigenvalue weighted by atomic mass is 16.7. The third-order valence-corrected chi connectivity index (χ3v) is 21.3. The second-order valence-electron chi connectivity index (χ2n) is 34.8. The van der Waals surface area contributed by atoms with Crippen molar-refractivity contribution in [3.05, 3.63) is 0 Å².